The van der Waals surface area contributed by atoms with Crippen molar-refractivity contribution in [2.24, 2.45) is 0 Å². The van der Waals surface area contributed by atoms with Gasteiger partial charge in [0.15, 0.2) is 12.4 Å². The zero-order valence-electron chi connectivity index (χ0n) is 14.9. The van der Waals surface area contributed by atoms with Crippen LogP contribution in [-0.2, 0) is 11.2 Å². The SMILES string of the molecule is CCCCc1c(OC(=O)COc2ccc(Cl)cc2)c2ccccc2oc1=O. The number of carbonyl (C=O) groups is 1. The standard InChI is InChI=1S/C21H19ClO5/c1-2-3-6-17-20(16-7-4-5-8-18(16)26-21(17)24)27-19(23)13-25-15-11-9-14(22)10-12-15/h4-5,7-12H,2-3,6,13H2,1H3. The van der Waals surface area contributed by atoms with E-state index in [-0.39, 0.29) is 12.4 Å². The molecule has 0 N–H and O–H groups in total. The Kier molecular flexibility index (Phi) is 6.14. The third kappa shape index (κ3) is 4.68. The van der Waals surface area contributed by atoms with Gasteiger partial charge < -0.3 is 13.9 Å². The second-order valence-electron chi connectivity index (χ2n) is 6.01. The molecule has 140 valence electrons. The van der Waals surface area contributed by atoms with Crippen molar-refractivity contribution in [2.45, 2.75) is 26.2 Å². The number of halogens is 1. The van der Waals surface area contributed by atoms with Gasteiger partial charge in [-0.05, 0) is 49.2 Å². The topological polar surface area (TPSA) is 65.7 Å². The molecule has 0 aliphatic carbocycles. The third-order valence-corrected chi connectivity index (χ3v) is 4.27. The fourth-order valence-electron chi connectivity index (χ4n) is 2.66. The molecule has 2 aromatic carbocycles. The molecule has 0 aliphatic rings. The van der Waals surface area contributed by atoms with E-state index in [1.807, 2.05) is 6.92 Å². The van der Waals surface area contributed by atoms with Gasteiger partial charge in [-0.25, -0.2) is 9.59 Å². The summed E-state index contributed by atoms with van der Waals surface area (Å²) in [6.45, 7) is 1.73. The highest BCUT2D eigenvalue weighted by atomic mass is 35.5. The van der Waals surface area contributed by atoms with Gasteiger partial charge in [-0.1, -0.05) is 37.1 Å². The summed E-state index contributed by atoms with van der Waals surface area (Å²) < 4.78 is 16.3. The molecular weight excluding hydrogens is 368 g/mol. The van der Waals surface area contributed by atoms with Crippen molar-refractivity contribution in [2.75, 3.05) is 6.61 Å². The van der Waals surface area contributed by atoms with Crippen LogP contribution in [0.15, 0.2) is 57.7 Å². The first-order valence-corrected chi connectivity index (χ1v) is 9.10. The Morgan fingerprint density at radius 1 is 1.11 bits per heavy atom. The molecule has 1 aromatic heterocycles. The summed E-state index contributed by atoms with van der Waals surface area (Å²) in [4.78, 5) is 24.7. The van der Waals surface area contributed by atoms with E-state index in [4.69, 9.17) is 25.5 Å². The molecule has 0 fully saturated rings. The summed E-state index contributed by atoms with van der Waals surface area (Å²) in [5.41, 5.74) is 0.267. The molecule has 0 unspecified atom stereocenters. The average molecular weight is 387 g/mol. The van der Waals surface area contributed by atoms with E-state index in [0.29, 0.717) is 33.7 Å². The maximum absolute atomic E-state index is 12.4. The fraction of sp³-hybridized carbons (Fsp3) is 0.238. The minimum absolute atomic E-state index is 0.250. The Hall–Kier alpha value is -2.79. The number of rotatable bonds is 7. The number of hydrogen-bond acceptors (Lipinski definition) is 5. The number of benzene rings is 2. The molecule has 27 heavy (non-hydrogen) atoms. The molecule has 0 saturated carbocycles. The Labute approximate surface area is 161 Å². The Bertz CT molecular complexity index is 992. The van der Waals surface area contributed by atoms with Gasteiger partial charge in [0.25, 0.3) is 0 Å². The number of para-hydroxylation sites is 1. The summed E-state index contributed by atoms with van der Waals surface area (Å²) in [7, 11) is 0. The molecule has 6 heteroatoms. The number of unbranched alkanes of at least 4 members (excludes halogenated alkanes) is 1. The molecule has 0 aliphatic heterocycles. The highest BCUT2D eigenvalue weighted by molar-refractivity contribution is 6.30. The zero-order chi connectivity index (χ0) is 19.2. The van der Waals surface area contributed by atoms with Crippen LogP contribution >= 0.6 is 11.6 Å². The molecular formula is C21H19ClO5. The van der Waals surface area contributed by atoms with E-state index in [1.165, 1.54) is 0 Å². The van der Waals surface area contributed by atoms with Crippen LogP contribution in [0.25, 0.3) is 11.0 Å². The van der Waals surface area contributed by atoms with Gasteiger partial charge in [0.05, 0.1) is 10.9 Å². The number of fused-ring (bicyclic) bond motifs is 1. The highest BCUT2D eigenvalue weighted by Gasteiger charge is 2.18. The molecule has 0 saturated heterocycles. The summed E-state index contributed by atoms with van der Waals surface area (Å²) in [5, 5.41) is 1.16. The van der Waals surface area contributed by atoms with Gasteiger partial charge in [-0.15, -0.1) is 0 Å². The van der Waals surface area contributed by atoms with Crippen molar-refractivity contribution in [3.05, 3.63) is 69.5 Å². The van der Waals surface area contributed by atoms with Crippen molar-refractivity contribution in [1.29, 1.82) is 0 Å². The van der Waals surface area contributed by atoms with Crippen LogP contribution < -0.4 is 15.1 Å². The molecule has 1 heterocycles. The predicted octanol–water partition coefficient (Wildman–Crippen LogP) is 4.77. The molecule has 5 nitrogen and oxygen atoms in total. The van der Waals surface area contributed by atoms with E-state index in [2.05, 4.69) is 0 Å². The first kappa shape index (κ1) is 19.0. The van der Waals surface area contributed by atoms with E-state index in [9.17, 15) is 9.59 Å². The highest BCUT2D eigenvalue weighted by Crippen LogP contribution is 2.29. The van der Waals surface area contributed by atoms with Gasteiger partial charge in [-0.2, -0.15) is 0 Å². The van der Waals surface area contributed by atoms with Crippen LogP contribution in [0.2, 0.25) is 5.02 Å². The zero-order valence-corrected chi connectivity index (χ0v) is 15.6. The summed E-state index contributed by atoms with van der Waals surface area (Å²) >= 11 is 5.83. The fourth-order valence-corrected chi connectivity index (χ4v) is 2.79. The second-order valence-corrected chi connectivity index (χ2v) is 6.45. The lowest BCUT2D eigenvalue weighted by Crippen LogP contribution is -2.20. The largest absolute Gasteiger partial charge is 0.482 e. The van der Waals surface area contributed by atoms with Crippen LogP contribution in [0.3, 0.4) is 0 Å². The monoisotopic (exact) mass is 386 g/mol. The van der Waals surface area contributed by atoms with Gasteiger partial charge in [-0.3, -0.25) is 0 Å². The molecule has 0 radical (unpaired) electrons. The summed E-state index contributed by atoms with van der Waals surface area (Å²) in [6, 6.07) is 13.6. The van der Waals surface area contributed by atoms with E-state index >= 15 is 0 Å². The lowest BCUT2D eigenvalue weighted by atomic mass is 10.1. The van der Waals surface area contributed by atoms with Gasteiger partial charge in [0.1, 0.15) is 11.3 Å². The number of esters is 1. The Morgan fingerprint density at radius 2 is 1.85 bits per heavy atom. The first-order chi connectivity index (χ1) is 13.1. The first-order valence-electron chi connectivity index (χ1n) is 8.72. The molecule has 3 rings (SSSR count). The Balaban J connectivity index is 1.84. The van der Waals surface area contributed by atoms with Crippen LogP contribution in [0.4, 0.5) is 0 Å². The minimum atomic E-state index is -0.599. The summed E-state index contributed by atoms with van der Waals surface area (Å²) in [5.74, 6) is 0.151. The third-order valence-electron chi connectivity index (χ3n) is 4.02. The van der Waals surface area contributed by atoms with Crippen molar-refractivity contribution < 1.29 is 18.7 Å². The van der Waals surface area contributed by atoms with E-state index in [1.54, 1.807) is 48.5 Å². The lowest BCUT2D eigenvalue weighted by molar-refractivity contribution is -0.136. The number of hydrogen-bond donors (Lipinski definition) is 0. The number of carbonyl (C=O) groups excluding carboxylic acids is 1. The van der Waals surface area contributed by atoms with Crippen LogP contribution in [0, 0.1) is 0 Å². The summed E-state index contributed by atoms with van der Waals surface area (Å²) in [6.07, 6.45) is 2.17. The quantitative estimate of drug-likeness (QED) is 0.432. The van der Waals surface area contributed by atoms with Crippen molar-refractivity contribution in [3.8, 4) is 11.5 Å². The van der Waals surface area contributed by atoms with Crippen molar-refractivity contribution in [3.63, 3.8) is 0 Å². The molecule has 3 aromatic rings. The molecule has 0 amide bonds. The van der Waals surface area contributed by atoms with E-state index < -0.39 is 11.6 Å². The van der Waals surface area contributed by atoms with Gasteiger partial charge in [0.2, 0.25) is 0 Å². The average Bonchev–Trinajstić information content (AvgIpc) is 2.67. The second kappa shape index (κ2) is 8.73. The lowest BCUT2D eigenvalue weighted by Gasteiger charge is -2.12. The Morgan fingerprint density at radius 3 is 2.59 bits per heavy atom. The predicted molar refractivity (Wildman–Crippen MR) is 104 cm³/mol. The minimum Gasteiger partial charge on any atom is -0.482 e. The maximum Gasteiger partial charge on any atom is 0.349 e. The van der Waals surface area contributed by atoms with E-state index in [0.717, 1.165) is 12.8 Å². The smallest absolute Gasteiger partial charge is 0.349 e. The van der Waals surface area contributed by atoms with Gasteiger partial charge >= 0.3 is 11.6 Å². The van der Waals surface area contributed by atoms with Gasteiger partial charge in [0, 0.05) is 5.02 Å². The number of ether oxygens (including phenoxy) is 2. The molecule has 0 bridgehead atoms. The molecule has 0 atom stereocenters. The normalized spacial score (nSPS) is 10.7. The molecule has 0 spiro atoms. The van der Waals surface area contributed by atoms with Crippen molar-refractivity contribution >= 4 is 28.5 Å². The van der Waals surface area contributed by atoms with Crippen LogP contribution in [0.5, 0.6) is 11.5 Å². The van der Waals surface area contributed by atoms with Crippen LogP contribution in [0.1, 0.15) is 25.3 Å². The van der Waals surface area contributed by atoms with Crippen molar-refractivity contribution in [1.82, 2.24) is 0 Å². The maximum atomic E-state index is 12.4. The van der Waals surface area contributed by atoms with Crippen LogP contribution in [-0.4, -0.2) is 12.6 Å².